The molecule has 0 saturated heterocycles. The molecule has 3 nitrogen and oxygen atoms in total. The Morgan fingerprint density at radius 1 is 0.870 bits per heavy atom. The Kier molecular flexibility index (Phi) is 4.17. The summed E-state index contributed by atoms with van der Waals surface area (Å²) in [6.07, 6.45) is 0. The summed E-state index contributed by atoms with van der Waals surface area (Å²) in [6, 6.07) is 18.4. The number of hydrogen-bond acceptors (Lipinski definition) is 2. The van der Waals surface area contributed by atoms with Crippen molar-refractivity contribution < 1.29 is 8.42 Å². The van der Waals surface area contributed by atoms with E-state index in [1.54, 1.807) is 31.3 Å². The van der Waals surface area contributed by atoms with Crippen molar-refractivity contribution in [2.24, 2.45) is 0 Å². The minimum atomic E-state index is -3.56. The molecule has 3 aromatic carbocycles. The minimum absolute atomic E-state index is 0.293. The average Bonchev–Trinajstić information content (AvgIpc) is 2.54. The molecule has 0 bridgehead atoms. The van der Waals surface area contributed by atoms with Crippen molar-refractivity contribution in [3.63, 3.8) is 0 Å². The Labute approximate surface area is 144 Å². The maximum absolute atomic E-state index is 12.8. The molecule has 0 saturated carbocycles. The lowest BCUT2D eigenvalue weighted by Gasteiger charge is -2.20. The van der Waals surface area contributed by atoms with Gasteiger partial charge in [0, 0.05) is 11.5 Å². The van der Waals surface area contributed by atoms with Crippen molar-refractivity contribution in [2.45, 2.75) is 11.8 Å². The highest BCUT2D eigenvalue weighted by Gasteiger charge is 2.21. The van der Waals surface area contributed by atoms with Gasteiger partial charge in [-0.25, -0.2) is 8.42 Å². The van der Waals surface area contributed by atoms with Crippen LogP contribution in [0.5, 0.6) is 0 Å². The number of sulfonamides is 1. The molecule has 0 aliphatic carbocycles. The highest BCUT2D eigenvalue weighted by Crippen LogP contribution is 2.27. The Bertz CT molecular complexity index is 966. The molecule has 0 aliphatic rings. The van der Waals surface area contributed by atoms with Crippen LogP contribution in [0.3, 0.4) is 0 Å². The maximum atomic E-state index is 12.8. The first-order chi connectivity index (χ1) is 10.9. The zero-order valence-corrected chi connectivity index (χ0v) is 15.2. The topological polar surface area (TPSA) is 37.4 Å². The third kappa shape index (κ3) is 3.12. The second kappa shape index (κ2) is 5.98. The van der Waals surface area contributed by atoms with Gasteiger partial charge in [-0.05, 0) is 54.1 Å². The predicted molar refractivity (Wildman–Crippen MR) is 98.4 cm³/mol. The van der Waals surface area contributed by atoms with Gasteiger partial charge in [-0.3, -0.25) is 4.31 Å². The van der Waals surface area contributed by atoms with E-state index >= 15 is 0 Å². The van der Waals surface area contributed by atoms with Gasteiger partial charge in [0.05, 0.1) is 10.6 Å². The van der Waals surface area contributed by atoms with E-state index in [-0.39, 0.29) is 0 Å². The zero-order valence-electron chi connectivity index (χ0n) is 12.8. The van der Waals surface area contributed by atoms with E-state index < -0.39 is 10.0 Å². The van der Waals surface area contributed by atoms with Crippen LogP contribution in [0.25, 0.3) is 10.8 Å². The Hall–Kier alpha value is -1.85. The van der Waals surface area contributed by atoms with Gasteiger partial charge in [-0.15, -0.1) is 0 Å². The average molecular weight is 390 g/mol. The lowest BCUT2D eigenvalue weighted by atomic mass is 10.1. The Morgan fingerprint density at radius 2 is 1.48 bits per heavy atom. The number of nitrogens with zero attached hydrogens (tertiary/aromatic N) is 1. The molecule has 3 rings (SSSR count). The summed E-state index contributed by atoms with van der Waals surface area (Å²) in [5.41, 5.74) is 1.67. The van der Waals surface area contributed by atoms with Gasteiger partial charge in [0.2, 0.25) is 0 Å². The number of benzene rings is 3. The van der Waals surface area contributed by atoms with Crippen LogP contribution >= 0.6 is 15.9 Å². The minimum Gasteiger partial charge on any atom is -0.269 e. The van der Waals surface area contributed by atoms with Gasteiger partial charge in [0.1, 0.15) is 0 Å². The molecule has 3 aromatic rings. The predicted octanol–water partition coefficient (Wildman–Crippen LogP) is 4.74. The zero-order chi connectivity index (χ0) is 16.6. The summed E-state index contributed by atoms with van der Waals surface area (Å²) in [4.78, 5) is 0.293. The first-order valence-electron chi connectivity index (χ1n) is 7.13. The second-order valence-corrected chi connectivity index (χ2v) is 8.35. The van der Waals surface area contributed by atoms with E-state index in [1.165, 1.54) is 4.31 Å². The fourth-order valence-electron chi connectivity index (χ4n) is 2.41. The van der Waals surface area contributed by atoms with Crippen LogP contribution < -0.4 is 4.31 Å². The van der Waals surface area contributed by atoms with E-state index in [9.17, 15) is 8.42 Å². The fraction of sp³-hybridized carbons (Fsp3) is 0.111. The van der Waals surface area contributed by atoms with Crippen LogP contribution in [-0.4, -0.2) is 15.5 Å². The first-order valence-corrected chi connectivity index (χ1v) is 9.36. The van der Waals surface area contributed by atoms with Crippen LogP contribution in [0.15, 0.2) is 70.0 Å². The summed E-state index contributed by atoms with van der Waals surface area (Å²) in [6.45, 7) is 1.93. The molecule has 0 radical (unpaired) electrons. The quantitative estimate of drug-likeness (QED) is 0.648. The number of rotatable bonds is 3. The standard InChI is InChI=1S/C18H16BrNO2S/c1-13-3-9-18(10-4-13)23(21,22)20(2)17-8-6-14-11-16(19)7-5-15(14)12-17/h3-12H,1-2H3. The third-order valence-corrected chi connectivity index (χ3v) is 6.12. The molecule has 0 atom stereocenters. The van der Waals surface area contributed by atoms with Crippen molar-refractivity contribution in [1.82, 2.24) is 0 Å². The van der Waals surface area contributed by atoms with Gasteiger partial charge in [0.25, 0.3) is 10.0 Å². The normalized spacial score (nSPS) is 11.6. The van der Waals surface area contributed by atoms with Crippen LogP contribution in [-0.2, 0) is 10.0 Å². The largest absolute Gasteiger partial charge is 0.269 e. The summed E-state index contributed by atoms with van der Waals surface area (Å²) in [7, 11) is -1.98. The van der Waals surface area contributed by atoms with Crippen molar-refractivity contribution in [3.05, 3.63) is 70.7 Å². The van der Waals surface area contributed by atoms with Gasteiger partial charge in [0.15, 0.2) is 0 Å². The highest BCUT2D eigenvalue weighted by molar-refractivity contribution is 9.10. The summed E-state index contributed by atoms with van der Waals surface area (Å²) in [5.74, 6) is 0. The fourth-order valence-corrected chi connectivity index (χ4v) is 3.97. The summed E-state index contributed by atoms with van der Waals surface area (Å²) < 4.78 is 27.8. The lowest BCUT2D eigenvalue weighted by Crippen LogP contribution is -2.26. The van der Waals surface area contributed by atoms with Crippen LogP contribution in [0.1, 0.15) is 5.56 Å². The SMILES string of the molecule is Cc1ccc(S(=O)(=O)N(C)c2ccc3cc(Br)ccc3c2)cc1. The van der Waals surface area contributed by atoms with E-state index in [4.69, 9.17) is 0 Å². The van der Waals surface area contributed by atoms with Gasteiger partial charge in [-0.1, -0.05) is 45.8 Å². The second-order valence-electron chi connectivity index (χ2n) is 5.46. The van der Waals surface area contributed by atoms with E-state index in [0.29, 0.717) is 10.6 Å². The molecule has 0 heterocycles. The lowest BCUT2D eigenvalue weighted by molar-refractivity contribution is 0.594. The third-order valence-electron chi connectivity index (χ3n) is 3.83. The van der Waals surface area contributed by atoms with Crippen molar-refractivity contribution >= 4 is 42.4 Å². The van der Waals surface area contributed by atoms with Crippen LogP contribution in [0.2, 0.25) is 0 Å². The number of fused-ring (bicyclic) bond motifs is 1. The van der Waals surface area contributed by atoms with Gasteiger partial charge in [-0.2, -0.15) is 0 Å². The molecule has 0 N–H and O–H groups in total. The van der Waals surface area contributed by atoms with E-state index in [0.717, 1.165) is 20.8 Å². The number of hydrogen-bond donors (Lipinski definition) is 0. The first kappa shape index (κ1) is 16.0. The van der Waals surface area contributed by atoms with Crippen molar-refractivity contribution in [3.8, 4) is 0 Å². The highest BCUT2D eigenvalue weighted by atomic mass is 79.9. The molecular weight excluding hydrogens is 374 g/mol. The molecule has 0 amide bonds. The van der Waals surface area contributed by atoms with E-state index in [2.05, 4.69) is 15.9 Å². The molecular formula is C18H16BrNO2S. The molecule has 0 aliphatic heterocycles. The van der Waals surface area contributed by atoms with Crippen LogP contribution in [0.4, 0.5) is 5.69 Å². The van der Waals surface area contributed by atoms with Gasteiger partial charge >= 0.3 is 0 Å². The molecule has 0 unspecified atom stereocenters. The monoisotopic (exact) mass is 389 g/mol. The number of aryl methyl sites for hydroxylation is 1. The molecule has 0 spiro atoms. The maximum Gasteiger partial charge on any atom is 0.264 e. The molecule has 118 valence electrons. The van der Waals surface area contributed by atoms with Crippen molar-refractivity contribution in [1.29, 1.82) is 0 Å². The smallest absolute Gasteiger partial charge is 0.264 e. The van der Waals surface area contributed by atoms with Crippen molar-refractivity contribution in [2.75, 3.05) is 11.4 Å². The number of halogens is 1. The summed E-state index contributed by atoms with van der Waals surface area (Å²) in [5, 5.41) is 2.06. The molecule has 0 aromatic heterocycles. The Balaban J connectivity index is 2.03. The molecule has 0 fully saturated rings. The molecule has 23 heavy (non-hydrogen) atoms. The number of anilines is 1. The Morgan fingerprint density at radius 3 is 2.17 bits per heavy atom. The molecule has 5 heteroatoms. The van der Waals surface area contributed by atoms with Gasteiger partial charge < -0.3 is 0 Å². The van der Waals surface area contributed by atoms with E-state index in [1.807, 2.05) is 43.3 Å². The summed E-state index contributed by atoms with van der Waals surface area (Å²) >= 11 is 3.44. The van der Waals surface area contributed by atoms with Crippen LogP contribution in [0, 0.1) is 6.92 Å².